The van der Waals surface area contributed by atoms with Crippen molar-refractivity contribution in [2.24, 2.45) is 0 Å². The lowest BCUT2D eigenvalue weighted by atomic mass is 10.2. The van der Waals surface area contributed by atoms with Gasteiger partial charge in [0.05, 0.1) is 17.1 Å². The van der Waals surface area contributed by atoms with Crippen molar-refractivity contribution in [1.29, 1.82) is 0 Å². The third-order valence-corrected chi connectivity index (χ3v) is 2.45. The van der Waals surface area contributed by atoms with E-state index < -0.39 is 0 Å². The fourth-order valence-electron chi connectivity index (χ4n) is 1.48. The highest BCUT2D eigenvalue weighted by atomic mass is 16.6. The molecule has 1 aliphatic carbocycles. The molecule has 1 aromatic rings. The maximum atomic E-state index is 10.9. The Hall–Kier alpha value is -1.78. The number of rotatable bonds is 4. The van der Waals surface area contributed by atoms with E-state index in [0.717, 1.165) is 12.8 Å². The van der Waals surface area contributed by atoms with E-state index in [1.165, 1.54) is 6.07 Å². The molecule has 0 bridgehead atoms. The van der Waals surface area contributed by atoms with Crippen molar-refractivity contribution in [2.75, 3.05) is 19.0 Å². The molecular weight excluding hydrogens is 208 g/mol. The van der Waals surface area contributed by atoms with Gasteiger partial charge < -0.3 is 9.64 Å². The van der Waals surface area contributed by atoms with Gasteiger partial charge in [-0.05, 0) is 25.0 Å². The summed E-state index contributed by atoms with van der Waals surface area (Å²) in [6.07, 6.45) is 2.34. The SMILES string of the molecule is CN(C)c1ccc(OC2CC2)cc1[N+](=O)[O-]. The Balaban J connectivity index is 2.30. The van der Waals surface area contributed by atoms with Crippen molar-refractivity contribution >= 4 is 11.4 Å². The molecule has 86 valence electrons. The van der Waals surface area contributed by atoms with Crippen molar-refractivity contribution in [1.82, 2.24) is 0 Å². The summed E-state index contributed by atoms with van der Waals surface area (Å²) in [6, 6.07) is 4.99. The Bertz CT molecular complexity index is 414. The number of ether oxygens (including phenoxy) is 1. The number of hydrogen-bond acceptors (Lipinski definition) is 4. The van der Waals surface area contributed by atoms with Crippen LogP contribution < -0.4 is 9.64 Å². The molecule has 0 unspecified atom stereocenters. The van der Waals surface area contributed by atoms with E-state index in [4.69, 9.17) is 4.74 Å². The van der Waals surface area contributed by atoms with E-state index in [1.807, 2.05) is 0 Å². The number of hydrogen-bond donors (Lipinski definition) is 0. The van der Waals surface area contributed by atoms with Crippen molar-refractivity contribution in [2.45, 2.75) is 18.9 Å². The van der Waals surface area contributed by atoms with Crippen molar-refractivity contribution in [3.63, 3.8) is 0 Å². The summed E-state index contributed by atoms with van der Waals surface area (Å²) in [5, 5.41) is 10.9. The van der Waals surface area contributed by atoms with Crippen LogP contribution in [0.25, 0.3) is 0 Å². The quantitative estimate of drug-likeness (QED) is 0.579. The molecule has 0 amide bonds. The van der Waals surface area contributed by atoms with Crippen molar-refractivity contribution in [3.05, 3.63) is 28.3 Å². The molecule has 0 atom stereocenters. The minimum absolute atomic E-state index is 0.0863. The zero-order valence-corrected chi connectivity index (χ0v) is 9.34. The zero-order valence-electron chi connectivity index (χ0n) is 9.34. The Morgan fingerprint density at radius 2 is 2.12 bits per heavy atom. The Labute approximate surface area is 93.8 Å². The number of nitrogens with zero attached hydrogens (tertiary/aromatic N) is 2. The number of nitro groups is 1. The van der Waals surface area contributed by atoms with Gasteiger partial charge in [-0.2, -0.15) is 0 Å². The van der Waals surface area contributed by atoms with Gasteiger partial charge >= 0.3 is 0 Å². The molecular formula is C11H14N2O3. The first kappa shape index (κ1) is 10.7. The molecule has 0 aromatic heterocycles. The van der Waals surface area contributed by atoms with Crippen LogP contribution in [0.5, 0.6) is 5.75 Å². The summed E-state index contributed by atoms with van der Waals surface area (Å²) in [5.41, 5.74) is 0.677. The molecule has 16 heavy (non-hydrogen) atoms. The number of benzene rings is 1. The second kappa shape index (κ2) is 4.00. The molecule has 1 fully saturated rings. The normalized spacial score (nSPS) is 14.6. The van der Waals surface area contributed by atoms with Crippen LogP contribution in [0, 0.1) is 10.1 Å². The van der Waals surface area contributed by atoms with E-state index >= 15 is 0 Å². The third-order valence-electron chi connectivity index (χ3n) is 2.45. The highest BCUT2D eigenvalue weighted by Gasteiger charge is 2.25. The first-order chi connectivity index (χ1) is 7.58. The Morgan fingerprint density at radius 1 is 1.44 bits per heavy atom. The monoisotopic (exact) mass is 222 g/mol. The molecule has 5 nitrogen and oxygen atoms in total. The predicted octanol–water partition coefficient (Wildman–Crippen LogP) is 2.20. The molecule has 0 aliphatic heterocycles. The second-order valence-electron chi connectivity index (χ2n) is 4.12. The highest BCUT2D eigenvalue weighted by molar-refractivity contribution is 5.64. The molecule has 0 heterocycles. The maximum Gasteiger partial charge on any atom is 0.296 e. The fourth-order valence-corrected chi connectivity index (χ4v) is 1.48. The van der Waals surface area contributed by atoms with Crippen LogP contribution in [-0.4, -0.2) is 25.1 Å². The van der Waals surface area contributed by atoms with Crippen LogP contribution >= 0.6 is 0 Å². The summed E-state index contributed by atoms with van der Waals surface area (Å²) in [7, 11) is 3.56. The molecule has 0 saturated heterocycles. The topological polar surface area (TPSA) is 55.6 Å². The minimum atomic E-state index is -0.380. The van der Waals surface area contributed by atoms with Gasteiger partial charge in [-0.1, -0.05) is 0 Å². The lowest BCUT2D eigenvalue weighted by Gasteiger charge is -2.13. The van der Waals surface area contributed by atoms with Crippen molar-refractivity contribution in [3.8, 4) is 5.75 Å². The van der Waals surface area contributed by atoms with Gasteiger partial charge in [-0.25, -0.2) is 0 Å². The Kier molecular flexibility index (Phi) is 2.68. The molecule has 1 aromatic carbocycles. The highest BCUT2D eigenvalue weighted by Crippen LogP contribution is 2.33. The first-order valence-electron chi connectivity index (χ1n) is 5.20. The molecule has 2 rings (SSSR count). The predicted molar refractivity (Wildman–Crippen MR) is 61.1 cm³/mol. The molecule has 0 radical (unpaired) electrons. The van der Waals surface area contributed by atoms with E-state index in [9.17, 15) is 10.1 Å². The zero-order chi connectivity index (χ0) is 11.7. The molecule has 0 N–H and O–H groups in total. The largest absolute Gasteiger partial charge is 0.490 e. The van der Waals surface area contributed by atoms with E-state index in [1.54, 1.807) is 31.1 Å². The van der Waals surface area contributed by atoms with Gasteiger partial charge in [0.25, 0.3) is 5.69 Å². The van der Waals surface area contributed by atoms with Gasteiger partial charge in [0.15, 0.2) is 0 Å². The first-order valence-corrected chi connectivity index (χ1v) is 5.20. The third kappa shape index (κ3) is 2.24. The maximum absolute atomic E-state index is 10.9. The summed E-state index contributed by atoms with van der Waals surface area (Å²) in [4.78, 5) is 12.2. The fraction of sp³-hybridized carbons (Fsp3) is 0.455. The molecule has 1 saturated carbocycles. The van der Waals surface area contributed by atoms with Crippen LogP contribution in [0.2, 0.25) is 0 Å². The standard InChI is InChI=1S/C11H14N2O3/c1-12(2)10-6-5-9(16-8-3-4-8)7-11(10)13(14)15/h5-8H,3-4H2,1-2H3. The van der Waals surface area contributed by atoms with Gasteiger partial charge in [0.1, 0.15) is 11.4 Å². The second-order valence-corrected chi connectivity index (χ2v) is 4.12. The average Bonchev–Trinajstić information content (AvgIpc) is 3.01. The lowest BCUT2D eigenvalue weighted by molar-refractivity contribution is -0.384. The van der Waals surface area contributed by atoms with Gasteiger partial charge in [0.2, 0.25) is 0 Å². The summed E-state index contributed by atoms with van der Waals surface area (Å²) in [5.74, 6) is 0.583. The summed E-state index contributed by atoms with van der Waals surface area (Å²) < 4.78 is 5.53. The summed E-state index contributed by atoms with van der Waals surface area (Å²) in [6.45, 7) is 0. The number of anilines is 1. The molecule has 0 spiro atoms. The van der Waals surface area contributed by atoms with Crippen LogP contribution in [0.3, 0.4) is 0 Å². The smallest absolute Gasteiger partial charge is 0.296 e. The summed E-state index contributed by atoms with van der Waals surface area (Å²) >= 11 is 0. The number of nitro benzene ring substituents is 1. The van der Waals surface area contributed by atoms with Gasteiger partial charge in [-0.15, -0.1) is 0 Å². The molecule has 1 aliphatic rings. The minimum Gasteiger partial charge on any atom is -0.490 e. The Morgan fingerprint density at radius 3 is 2.62 bits per heavy atom. The van der Waals surface area contributed by atoms with Crippen LogP contribution in [-0.2, 0) is 0 Å². The van der Waals surface area contributed by atoms with E-state index in [2.05, 4.69) is 0 Å². The van der Waals surface area contributed by atoms with Crippen LogP contribution in [0.4, 0.5) is 11.4 Å². The lowest BCUT2D eigenvalue weighted by Crippen LogP contribution is -2.11. The van der Waals surface area contributed by atoms with Crippen LogP contribution in [0.15, 0.2) is 18.2 Å². The van der Waals surface area contributed by atoms with E-state index in [-0.39, 0.29) is 16.7 Å². The van der Waals surface area contributed by atoms with E-state index in [0.29, 0.717) is 11.4 Å². The van der Waals surface area contributed by atoms with Gasteiger partial charge in [-0.3, -0.25) is 10.1 Å². The average molecular weight is 222 g/mol. The van der Waals surface area contributed by atoms with Crippen LogP contribution in [0.1, 0.15) is 12.8 Å². The van der Waals surface area contributed by atoms with Gasteiger partial charge in [0, 0.05) is 14.1 Å². The molecule has 5 heteroatoms. The van der Waals surface area contributed by atoms with Crippen molar-refractivity contribution < 1.29 is 9.66 Å².